The number of hydrogen-bond acceptors (Lipinski definition) is 5. The van der Waals surface area contributed by atoms with Crippen LogP contribution in [0.3, 0.4) is 0 Å². The summed E-state index contributed by atoms with van der Waals surface area (Å²) in [5.74, 6) is -0.324. The number of ether oxygens (including phenoxy) is 1. The molecule has 1 fully saturated rings. The Morgan fingerprint density at radius 3 is 2.50 bits per heavy atom. The summed E-state index contributed by atoms with van der Waals surface area (Å²) in [7, 11) is 0. The fraction of sp³-hybridized carbons (Fsp3) is 0.231. The lowest BCUT2D eigenvalue weighted by Crippen LogP contribution is -2.35. The van der Waals surface area contributed by atoms with Gasteiger partial charge in [0.15, 0.2) is 11.5 Å². The quantitative estimate of drug-likeness (QED) is 0.613. The van der Waals surface area contributed by atoms with Crippen LogP contribution in [0.1, 0.15) is 29.2 Å². The molecule has 5 heteroatoms. The van der Waals surface area contributed by atoms with E-state index >= 15 is 0 Å². The molecule has 0 amide bonds. The van der Waals surface area contributed by atoms with Crippen molar-refractivity contribution in [3.05, 3.63) is 48.3 Å². The summed E-state index contributed by atoms with van der Waals surface area (Å²) in [5, 5.41) is 0. The second kappa shape index (κ2) is 3.87. The first kappa shape index (κ1) is 10.8. The molecular formula is C13H10O5. The van der Waals surface area contributed by atoms with E-state index in [4.69, 9.17) is 13.6 Å². The first-order valence-electron chi connectivity index (χ1n) is 5.56. The van der Waals surface area contributed by atoms with E-state index in [0.717, 1.165) is 0 Å². The number of rotatable bonds is 3. The molecular weight excluding hydrogens is 236 g/mol. The molecule has 1 saturated heterocycles. The van der Waals surface area contributed by atoms with E-state index in [1.807, 2.05) is 0 Å². The summed E-state index contributed by atoms with van der Waals surface area (Å²) >= 11 is 0. The van der Waals surface area contributed by atoms with Crippen LogP contribution in [0.25, 0.3) is 0 Å². The van der Waals surface area contributed by atoms with Crippen molar-refractivity contribution in [3.8, 4) is 0 Å². The minimum absolute atomic E-state index is 0.154. The second-order valence-electron chi connectivity index (χ2n) is 4.08. The van der Waals surface area contributed by atoms with Crippen molar-refractivity contribution in [2.75, 3.05) is 0 Å². The Balaban J connectivity index is 2.07. The Labute approximate surface area is 102 Å². The van der Waals surface area contributed by atoms with Gasteiger partial charge in [0.2, 0.25) is 11.4 Å². The van der Waals surface area contributed by atoms with E-state index in [0.29, 0.717) is 5.76 Å². The third-order valence-electron chi connectivity index (χ3n) is 3.00. The van der Waals surface area contributed by atoms with E-state index in [1.165, 1.54) is 12.5 Å². The molecule has 1 aliphatic rings. The van der Waals surface area contributed by atoms with E-state index < -0.39 is 17.4 Å². The minimum Gasteiger partial charge on any atom is -0.465 e. The molecule has 3 heterocycles. The van der Waals surface area contributed by atoms with Gasteiger partial charge in [-0.05, 0) is 24.3 Å². The Hall–Kier alpha value is -2.30. The highest BCUT2D eigenvalue weighted by molar-refractivity contribution is 6.02. The zero-order valence-electron chi connectivity index (χ0n) is 9.42. The number of hydrogen-bond donors (Lipinski definition) is 0. The number of esters is 1. The Kier molecular flexibility index (Phi) is 2.33. The average Bonchev–Trinajstić information content (AvgIpc) is 3.10. The number of ketones is 1. The molecule has 2 aromatic rings. The lowest BCUT2D eigenvalue weighted by Gasteiger charge is -2.22. The van der Waals surface area contributed by atoms with Gasteiger partial charge < -0.3 is 13.6 Å². The molecule has 1 unspecified atom stereocenters. The van der Waals surface area contributed by atoms with Crippen LogP contribution in [0.2, 0.25) is 0 Å². The van der Waals surface area contributed by atoms with Crippen LogP contribution in [0.15, 0.2) is 45.6 Å². The molecule has 18 heavy (non-hydrogen) atoms. The predicted octanol–water partition coefficient (Wildman–Crippen LogP) is 2.29. The lowest BCUT2D eigenvalue weighted by atomic mass is 9.90. The van der Waals surface area contributed by atoms with Gasteiger partial charge in [0.25, 0.3) is 0 Å². The number of Topliss-reactive ketones (excluding diaryl/α,β-unsaturated/α-hetero) is 1. The van der Waals surface area contributed by atoms with Crippen molar-refractivity contribution in [2.24, 2.45) is 0 Å². The van der Waals surface area contributed by atoms with Crippen molar-refractivity contribution in [3.63, 3.8) is 0 Å². The lowest BCUT2D eigenvalue weighted by molar-refractivity contribution is -0.147. The van der Waals surface area contributed by atoms with Gasteiger partial charge in [-0.15, -0.1) is 0 Å². The molecule has 0 aliphatic carbocycles. The van der Waals surface area contributed by atoms with Crippen LogP contribution in [0.5, 0.6) is 0 Å². The van der Waals surface area contributed by atoms with Crippen LogP contribution in [-0.4, -0.2) is 11.8 Å². The van der Waals surface area contributed by atoms with Crippen LogP contribution in [0, 0.1) is 0 Å². The summed E-state index contributed by atoms with van der Waals surface area (Å²) < 4.78 is 15.6. The maximum atomic E-state index is 12.4. The van der Waals surface area contributed by atoms with Crippen LogP contribution >= 0.6 is 0 Å². The summed E-state index contributed by atoms with van der Waals surface area (Å²) in [6.45, 7) is 0. The van der Waals surface area contributed by atoms with E-state index in [9.17, 15) is 9.59 Å². The molecule has 3 rings (SSSR count). The zero-order valence-corrected chi connectivity index (χ0v) is 9.42. The maximum Gasteiger partial charge on any atom is 0.307 e. The number of carbonyl (C=O) groups is 2. The first-order chi connectivity index (χ1) is 8.72. The third-order valence-corrected chi connectivity index (χ3v) is 3.00. The van der Waals surface area contributed by atoms with Crippen LogP contribution < -0.4 is 0 Å². The fourth-order valence-corrected chi connectivity index (χ4v) is 2.13. The van der Waals surface area contributed by atoms with Gasteiger partial charge in [-0.2, -0.15) is 0 Å². The van der Waals surface area contributed by atoms with Gasteiger partial charge in [0.1, 0.15) is 0 Å². The van der Waals surface area contributed by atoms with Gasteiger partial charge in [-0.25, -0.2) is 0 Å². The molecule has 92 valence electrons. The first-order valence-corrected chi connectivity index (χ1v) is 5.56. The van der Waals surface area contributed by atoms with Gasteiger partial charge in [-0.1, -0.05) is 0 Å². The van der Waals surface area contributed by atoms with E-state index in [2.05, 4.69) is 0 Å². The summed E-state index contributed by atoms with van der Waals surface area (Å²) in [4.78, 5) is 23.8. The molecule has 0 spiro atoms. The largest absolute Gasteiger partial charge is 0.465 e. The van der Waals surface area contributed by atoms with Gasteiger partial charge in [-0.3, -0.25) is 9.59 Å². The monoisotopic (exact) mass is 246 g/mol. The fourth-order valence-electron chi connectivity index (χ4n) is 2.13. The average molecular weight is 246 g/mol. The minimum atomic E-state index is -1.38. The molecule has 5 nitrogen and oxygen atoms in total. The predicted molar refractivity (Wildman–Crippen MR) is 58.8 cm³/mol. The molecule has 1 atom stereocenters. The maximum absolute atomic E-state index is 12.4. The van der Waals surface area contributed by atoms with E-state index in [1.54, 1.807) is 24.3 Å². The Morgan fingerprint density at radius 1 is 1.17 bits per heavy atom. The summed E-state index contributed by atoms with van der Waals surface area (Å²) in [6, 6.07) is 6.43. The highest BCUT2D eigenvalue weighted by atomic mass is 16.6. The van der Waals surface area contributed by atoms with Crippen LogP contribution in [0.4, 0.5) is 0 Å². The van der Waals surface area contributed by atoms with Crippen molar-refractivity contribution >= 4 is 11.8 Å². The molecule has 0 N–H and O–H groups in total. The molecule has 2 aromatic heterocycles. The second-order valence-corrected chi connectivity index (χ2v) is 4.08. The standard InChI is InChI=1S/C13H10O5/c14-11-5-6-13(18-11,10-4-2-8-17-10)12(15)9-3-1-7-16-9/h1-4,7-8H,5-6H2. The van der Waals surface area contributed by atoms with E-state index in [-0.39, 0.29) is 18.6 Å². The summed E-state index contributed by atoms with van der Waals surface area (Å²) in [5.41, 5.74) is -1.38. The highest BCUT2D eigenvalue weighted by Gasteiger charge is 2.52. The van der Waals surface area contributed by atoms with Crippen LogP contribution in [-0.2, 0) is 15.1 Å². The van der Waals surface area contributed by atoms with Gasteiger partial charge >= 0.3 is 5.97 Å². The molecule has 0 aromatic carbocycles. The van der Waals surface area contributed by atoms with Crippen molar-refractivity contribution in [1.29, 1.82) is 0 Å². The van der Waals surface area contributed by atoms with Gasteiger partial charge in [0, 0.05) is 6.42 Å². The zero-order chi connectivity index (χ0) is 12.6. The molecule has 0 saturated carbocycles. The highest BCUT2D eigenvalue weighted by Crippen LogP contribution is 2.40. The molecule has 0 bridgehead atoms. The molecule has 0 radical (unpaired) electrons. The van der Waals surface area contributed by atoms with Crippen molar-refractivity contribution in [2.45, 2.75) is 18.4 Å². The van der Waals surface area contributed by atoms with Gasteiger partial charge in [0.05, 0.1) is 18.9 Å². The normalized spacial score (nSPS) is 23.0. The molecule has 1 aliphatic heterocycles. The Morgan fingerprint density at radius 2 is 1.94 bits per heavy atom. The van der Waals surface area contributed by atoms with Crippen molar-refractivity contribution < 1.29 is 23.2 Å². The SMILES string of the molecule is O=C1CCC(C(=O)c2ccco2)(c2ccco2)O1. The third kappa shape index (κ3) is 1.48. The summed E-state index contributed by atoms with van der Waals surface area (Å²) in [6.07, 6.45) is 3.30. The number of carbonyl (C=O) groups excluding carboxylic acids is 2. The number of cyclic esters (lactones) is 1. The Bertz CT molecular complexity index is 567. The smallest absolute Gasteiger partial charge is 0.307 e. The topological polar surface area (TPSA) is 69.7 Å². The number of furan rings is 2. The van der Waals surface area contributed by atoms with Crippen molar-refractivity contribution in [1.82, 2.24) is 0 Å².